The van der Waals surface area contributed by atoms with Crippen molar-refractivity contribution in [1.29, 1.82) is 0 Å². The van der Waals surface area contributed by atoms with Gasteiger partial charge in [-0.2, -0.15) is 0 Å². The normalized spacial score (nSPS) is 10.3. The smallest absolute Gasteiger partial charge is 0.251 e. The second-order valence-corrected chi connectivity index (χ2v) is 5.39. The van der Waals surface area contributed by atoms with Crippen LogP contribution < -0.4 is 10.6 Å². The second kappa shape index (κ2) is 8.39. The molecule has 0 atom stereocenters. The Balaban J connectivity index is 1.96. The monoisotopic (exact) mass is 317 g/mol. The standard InChI is InChI=1S/C17H20ClN3O/c1-2-3-9-20-17(22)13-8-10-19-16(11-13)21-12-14-6-4-5-7-15(14)18/h4-8,10-11H,2-3,9,12H2,1H3,(H,19,21)(H,20,22). The summed E-state index contributed by atoms with van der Waals surface area (Å²) in [6.07, 6.45) is 3.67. The van der Waals surface area contributed by atoms with E-state index in [4.69, 9.17) is 11.6 Å². The zero-order chi connectivity index (χ0) is 15.8. The lowest BCUT2D eigenvalue weighted by Crippen LogP contribution is -2.24. The number of hydrogen-bond acceptors (Lipinski definition) is 3. The van der Waals surface area contributed by atoms with Crippen molar-refractivity contribution in [3.8, 4) is 0 Å². The summed E-state index contributed by atoms with van der Waals surface area (Å²) in [5.41, 5.74) is 1.59. The summed E-state index contributed by atoms with van der Waals surface area (Å²) in [6.45, 7) is 3.35. The van der Waals surface area contributed by atoms with Crippen LogP contribution >= 0.6 is 11.6 Å². The maximum atomic E-state index is 12.0. The van der Waals surface area contributed by atoms with Gasteiger partial charge in [0.15, 0.2) is 0 Å². The number of aromatic nitrogens is 1. The highest BCUT2D eigenvalue weighted by Crippen LogP contribution is 2.16. The Morgan fingerprint density at radius 1 is 1.27 bits per heavy atom. The number of nitrogens with one attached hydrogen (secondary N) is 2. The molecule has 2 rings (SSSR count). The van der Waals surface area contributed by atoms with Gasteiger partial charge in [0.25, 0.3) is 5.91 Å². The van der Waals surface area contributed by atoms with Gasteiger partial charge in [-0.25, -0.2) is 4.98 Å². The van der Waals surface area contributed by atoms with Crippen LogP contribution in [-0.2, 0) is 6.54 Å². The molecule has 2 aromatic rings. The molecule has 0 aliphatic carbocycles. The molecule has 0 radical (unpaired) electrons. The minimum absolute atomic E-state index is 0.0726. The SMILES string of the molecule is CCCCNC(=O)c1ccnc(NCc2ccccc2Cl)c1. The van der Waals surface area contributed by atoms with E-state index in [1.165, 1.54) is 0 Å². The van der Waals surface area contributed by atoms with Gasteiger partial charge in [-0.1, -0.05) is 43.1 Å². The molecule has 1 amide bonds. The lowest BCUT2D eigenvalue weighted by atomic mass is 10.2. The van der Waals surface area contributed by atoms with E-state index in [1.54, 1.807) is 18.3 Å². The first-order valence-electron chi connectivity index (χ1n) is 7.42. The third-order valence-electron chi connectivity index (χ3n) is 3.26. The number of anilines is 1. The van der Waals surface area contributed by atoms with Gasteiger partial charge in [-0.15, -0.1) is 0 Å². The lowest BCUT2D eigenvalue weighted by molar-refractivity contribution is 0.0953. The van der Waals surface area contributed by atoms with Gasteiger partial charge in [0.1, 0.15) is 5.82 Å². The number of carbonyl (C=O) groups excluding carboxylic acids is 1. The highest BCUT2D eigenvalue weighted by molar-refractivity contribution is 6.31. The first kappa shape index (κ1) is 16.3. The number of amides is 1. The van der Waals surface area contributed by atoms with Crippen molar-refractivity contribution in [2.75, 3.05) is 11.9 Å². The highest BCUT2D eigenvalue weighted by Gasteiger charge is 2.06. The van der Waals surface area contributed by atoms with Gasteiger partial charge in [0.2, 0.25) is 0 Å². The number of carbonyl (C=O) groups is 1. The average Bonchev–Trinajstić information content (AvgIpc) is 2.54. The molecule has 0 aliphatic rings. The van der Waals surface area contributed by atoms with Crippen LogP contribution in [0.25, 0.3) is 0 Å². The largest absolute Gasteiger partial charge is 0.366 e. The Morgan fingerprint density at radius 2 is 2.09 bits per heavy atom. The van der Waals surface area contributed by atoms with E-state index in [1.807, 2.05) is 24.3 Å². The molecule has 0 fully saturated rings. The number of rotatable bonds is 7. The van der Waals surface area contributed by atoms with Crippen LogP contribution in [-0.4, -0.2) is 17.4 Å². The topological polar surface area (TPSA) is 54.0 Å². The fraction of sp³-hybridized carbons (Fsp3) is 0.294. The third kappa shape index (κ3) is 4.74. The molecule has 1 aromatic heterocycles. The van der Waals surface area contributed by atoms with E-state index in [-0.39, 0.29) is 5.91 Å². The molecule has 116 valence electrons. The Morgan fingerprint density at radius 3 is 2.86 bits per heavy atom. The highest BCUT2D eigenvalue weighted by atomic mass is 35.5. The zero-order valence-corrected chi connectivity index (χ0v) is 13.4. The lowest BCUT2D eigenvalue weighted by Gasteiger charge is -2.09. The van der Waals surface area contributed by atoms with Crippen molar-refractivity contribution in [2.45, 2.75) is 26.3 Å². The van der Waals surface area contributed by atoms with E-state index in [9.17, 15) is 4.79 Å². The van der Waals surface area contributed by atoms with E-state index in [0.29, 0.717) is 29.5 Å². The molecule has 0 aliphatic heterocycles. The van der Waals surface area contributed by atoms with Gasteiger partial charge >= 0.3 is 0 Å². The second-order valence-electron chi connectivity index (χ2n) is 4.98. The summed E-state index contributed by atoms with van der Waals surface area (Å²) in [6, 6.07) is 11.1. The summed E-state index contributed by atoms with van der Waals surface area (Å²) in [5, 5.41) is 6.79. The molecule has 0 saturated carbocycles. The number of halogens is 1. The van der Waals surface area contributed by atoms with Crippen LogP contribution in [0.3, 0.4) is 0 Å². The zero-order valence-electron chi connectivity index (χ0n) is 12.6. The van der Waals surface area contributed by atoms with Gasteiger partial charge in [-0.3, -0.25) is 4.79 Å². The van der Waals surface area contributed by atoms with Gasteiger partial charge in [0, 0.05) is 29.9 Å². The van der Waals surface area contributed by atoms with Gasteiger partial charge in [0.05, 0.1) is 0 Å². The Kier molecular flexibility index (Phi) is 6.22. The predicted octanol–water partition coefficient (Wildman–Crippen LogP) is 3.88. The summed E-state index contributed by atoms with van der Waals surface area (Å²) in [7, 11) is 0. The number of pyridine rings is 1. The van der Waals surface area contributed by atoms with Crippen molar-refractivity contribution in [1.82, 2.24) is 10.3 Å². The van der Waals surface area contributed by atoms with Crippen LogP contribution in [0.1, 0.15) is 35.7 Å². The fourth-order valence-electron chi connectivity index (χ4n) is 1.98. The first-order valence-corrected chi connectivity index (χ1v) is 7.80. The van der Waals surface area contributed by atoms with Crippen LogP contribution in [0.4, 0.5) is 5.82 Å². The molecule has 5 heteroatoms. The van der Waals surface area contributed by atoms with Crippen molar-refractivity contribution in [3.05, 3.63) is 58.7 Å². The molecule has 0 unspecified atom stereocenters. The maximum Gasteiger partial charge on any atom is 0.251 e. The predicted molar refractivity (Wildman–Crippen MR) is 90.3 cm³/mol. The Hall–Kier alpha value is -2.07. The quantitative estimate of drug-likeness (QED) is 0.762. The van der Waals surface area contributed by atoms with E-state index >= 15 is 0 Å². The van der Waals surface area contributed by atoms with Crippen molar-refractivity contribution < 1.29 is 4.79 Å². The van der Waals surface area contributed by atoms with Crippen LogP contribution in [0, 0.1) is 0 Å². The summed E-state index contributed by atoms with van der Waals surface area (Å²) in [5.74, 6) is 0.583. The molecule has 1 heterocycles. The van der Waals surface area contributed by atoms with E-state index < -0.39 is 0 Å². The van der Waals surface area contributed by atoms with Gasteiger partial charge < -0.3 is 10.6 Å². The number of unbranched alkanes of at least 4 members (excludes halogenated alkanes) is 1. The van der Waals surface area contributed by atoms with Crippen LogP contribution in [0.5, 0.6) is 0 Å². The maximum absolute atomic E-state index is 12.0. The Labute approximate surface area is 135 Å². The van der Waals surface area contributed by atoms with Crippen molar-refractivity contribution >= 4 is 23.3 Å². The van der Waals surface area contributed by atoms with Crippen molar-refractivity contribution in [2.24, 2.45) is 0 Å². The third-order valence-corrected chi connectivity index (χ3v) is 3.62. The molecule has 2 N–H and O–H groups in total. The van der Waals surface area contributed by atoms with E-state index in [0.717, 1.165) is 18.4 Å². The summed E-state index contributed by atoms with van der Waals surface area (Å²) >= 11 is 6.12. The molecule has 1 aromatic carbocycles. The molecular weight excluding hydrogens is 298 g/mol. The first-order chi connectivity index (χ1) is 10.7. The summed E-state index contributed by atoms with van der Waals surface area (Å²) < 4.78 is 0. The molecule has 0 spiro atoms. The van der Waals surface area contributed by atoms with Crippen LogP contribution in [0.2, 0.25) is 5.02 Å². The Bertz CT molecular complexity index is 631. The van der Waals surface area contributed by atoms with E-state index in [2.05, 4.69) is 22.5 Å². The number of hydrogen-bond donors (Lipinski definition) is 2. The van der Waals surface area contributed by atoms with Crippen LogP contribution in [0.15, 0.2) is 42.6 Å². The minimum Gasteiger partial charge on any atom is -0.366 e. The molecular formula is C17H20ClN3O. The molecule has 0 bridgehead atoms. The number of benzene rings is 1. The van der Waals surface area contributed by atoms with Gasteiger partial charge in [-0.05, 0) is 30.2 Å². The number of nitrogens with zero attached hydrogens (tertiary/aromatic N) is 1. The summed E-state index contributed by atoms with van der Waals surface area (Å²) in [4.78, 5) is 16.2. The molecule has 4 nitrogen and oxygen atoms in total. The molecule has 0 saturated heterocycles. The molecule has 22 heavy (non-hydrogen) atoms. The van der Waals surface area contributed by atoms with Crippen molar-refractivity contribution in [3.63, 3.8) is 0 Å². The fourth-order valence-corrected chi connectivity index (χ4v) is 2.18. The average molecular weight is 318 g/mol. The minimum atomic E-state index is -0.0726.